The zero-order valence-electron chi connectivity index (χ0n) is 10.9. The Hall–Kier alpha value is -1.98. The highest BCUT2D eigenvalue weighted by Gasteiger charge is 2.30. The second kappa shape index (κ2) is 5.57. The number of carbonyl (C=O) groups excluding carboxylic acids is 1. The molecule has 1 heterocycles. The van der Waals surface area contributed by atoms with E-state index >= 15 is 0 Å². The molecule has 0 saturated carbocycles. The smallest absolute Gasteiger partial charge is 0.326 e. The van der Waals surface area contributed by atoms with Crippen molar-refractivity contribution >= 4 is 11.9 Å². The number of hydrogen-bond donors (Lipinski definition) is 1. The molecule has 1 aromatic rings. The van der Waals surface area contributed by atoms with Gasteiger partial charge in [0.15, 0.2) is 0 Å². The first kappa shape index (κ1) is 14.1. The molecule has 1 rings (SSSR count). The molecule has 1 aromatic heterocycles. The van der Waals surface area contributed by atoms with Crippen LogP contribution in [-0.4, -0.2) is 44.9 Å². The Bertz CT molecular complexity index is 460. The molecule has 1 amide bonds. The van der Waals surface area contributed by atoms with E-state index in [4.69, 9.17) is 5.11 Å². The number of hydrogen-bond acceptors (Lipinski definition) is 4. The first-order chi connectivity index (χ1) is 8.34. The minimum absolute atomic E-state index is 0.181. The Labute approximate surface area is 106 Å². The van der Waals surface area contributed by atoms with Crippen LogP contribution in [0.5, 0.6) is 0 Å². The molecule has 0 bridgehead atoms. The van der Waals surface area contributed by atoms with E-state index < -0.39 is 17.9 Å². The maximum Gasteiger partial charge on any atom is 0.326 e. The number of carboxylic acids is 1. The minimum Gasteiger partial charge on any atom is -0.480 e. The van der Waals surface area contributed by atoms with Gasteiger partial charge in [-0.25, -0.2) is 14.8 Å². The van der Waals surface area contributed by atoms with Crippen LogP contribution in [0.2, 0.25) is 0 Å². The van der Waals surface area contributed by atoms with E-state index in [1.165, 1.54) is 24.3 Å². The van der Waals surface area contributed by atoms with Crippen LogP contribution in [0.25, 0.3) is 0 Å². The number of amides is 1. The summed E-state index contributed by atoms with van der Waals surface area (Å²) in [4.78, 5) is 32.2. The molecule has 6 nitrogen and oxygen atoms in total. The van der Waals surface area contributed by atoms with Gasteiger partial charge in [0, 0.05) is 12.7 Å². The van der Waals surface area contributed by atoms with Crippen LogP contribution < -0.4 is 0 Å². The van der Waals surface area contributed by atoms with E-state index in [1.54, 1.807) is 20.8 Å². The van der Waals surface area contributed by atoms with Crippen molar-refractivity contribution in [3.05, 3.63) is 23.8 Å². The predicted molar refractivity (Wildman–Crippen MR) is 65.1 cm³/mol. The Morgan fingerprint density at radius 2 is 1.94 bits per heavy atom. The van der Waals surface area contributed by atoms with Crippen LogP contribution in [0, 0.1) is 12.8 Å². The summed E-state index contributed by atoms with van der Waals surface area (Å²) >= 11 is 0. The van der Waals surface area contributed by atoms with Crippen molar-refractivity contribution in [3.8, 4) is 0 Å². The highest BCUT2D eigenvalue weighted by atomic mass is 16.4. The molecule has 98 valence electrons. The van der Waals surface area contributed by atoms with Crippen LogP contribution in [0.3, 0.4) is 0 Å². The van der Waals surface area contributed by atoms with E-state index in [2.05, 4.69) is 9.97 Å². The minimum atomic E-state index is -1.02. The van der Waals surface area contributed by atoms with Gasteiger partial charge in [0.25, 0.3) is 5.91 Å². The molecule has 0 aliphatic rings. The summed E-state index contributed by atoms with van der Waals surface area (Å²) in [7, 11) is 1.47. The van der Waals surface area contributed by atoms with Crippen molar-refractivity contribution in [2.45, 2.75) is 26.8 Å². The molecule has 1 N–H and O–H groups in total. The number of carboxylic acid groups (broad SMARTS) is 1. The molecule has 0 aliphatic heterocycles. The van der Waals surface area contributed by atoms with Crippen LogP contribution >= 0.6 is 0 Å². The van der Waals surface area contributed by atoms with Gasteiger partial charge in [-0.05, 0) is 18.9 Å². The molecule has 0 spiro atoms. The molecular weight excluding hydrogens is 234 g/mol. The molecular formula is C12H17N3O3. The summed E-state index contributed by atoms with van der Waals surface area (Å²) in [6.07, 6.45) is 1.29. The van der Waals surface area contributed by atoms with Crippen molar-refractivity contribution in [3.63, 3.8) is 0 Å². The average molecular weight is 251 g/mol. The predicted octanol–water partition coefficient (Wildman–Crippen LogP) is 0.966. The molecule has 6 heteroatoms. The summed E-state index contributed by atoms with van der Waals surface area (Å²) in [5.74, 6) is -1.62. The molecule has 0 aromatic carbocycles. The molecule has 0 aliphatic carbocycles. The highest BCUT2D eigenvalue weighted by Crippen LogP contribution is 2.12. The fraction of sp³-hybridized carbons (Fsp3) is 0.500. The molecule has 0 fully saturated rings. The molecule has 1 unspecified atom stereocenters. The van der Waals surface area contributed by atoms with Crippen molar-refractivity contribution in [1.82, 2.24) is 14.9 Å². The van der Waals surface area contributed by atoms with Gasteiger partial charge in [0.2, 0.25) is 0 Å². The van der Waals surface area contributed by atoms with Crippen LogP contribution in [0.1, 0.15) is 30.0 Å². The maximum absolute atomic E-state index is 12.1. The quantitative estimate of drug-likeness (QED) is 0.862. The van der Waals surface area contributed by atoms with Gasteiger partial charge in [-0.15, -0.1) is 0 Å². The highest BCUT2D eigenvalue weighted by molar-refractivity contribution is 5.94. The second-order valence-corrected chi connectivity index (χ2v) is 4.49. The summed E-state index contributed by atoms with van der Waals surface area (Å²) in [6.45, 7) is 5.26. The Balaban J connectivity index is 2.99. The summed E-state index contributed by atoms with van der Waals surface area (Å²) in [5, 5.41) is 9.14. The molecule has 1 atom stereocenters. The summed E-state index contributed by atoms with van der Waals surface area (Å²) < 4.78 is 0. The lowest BCUT2D eigenvalue weighted by Crippen LogP contribution is -2.45. The van der Waals surface area contributed by atoms with Gasteiger partial charge in [-0.1, -0.05) is 13.8 Å². The van der Waals surface area contributed by atoms with Gasteiger partial charge in [-0.2, -0.15) is 0 Å². The first-order valence-corrected chi connectivity index (χ1v) is 5.63. The Morgan fingerprint density at radius 3 is 2.39 bits per heavy atom. The molecule has 0 saturated heterocycles. The lowest BCUT2D eigenvalue weighted by Gasteiger charge is -2.27. The molecule has 0 radical (unpaired) electrons. The largest absolute Gasteiger partial charge is 0.480 e. The van der Waals surface area contributed by atoms with E-state index in [9.17, 15) is 9.59 Å². The zero-order chi connectivity index (χ0) is 13.9. The zero-order valence-corrected chi connectivity index (χ0v) is 10.9. The van der Waals surface area contributed by atoms with E-state index in [-0.39, 0.29) is 11.6 Å². The van der Waals surface area contributed by atoms with E-state index in [0.29, 0.717) is 5.69 Å². The van der Waals surface area contributed by atoms with Gasteiger partial charge in [0.05, 0.1) is 0 Å². The van der Waals surface area contributed by atoms with Gasteiger partial charge >= 0.3 is 5.97 Å². The lowest BCUT2D eigenvalue weighted by atomic mass is 10.0. The van der Waals surface area contributed by atoms with E-state index in [1.807, 2.05) is 0 Å². The normalized spacial score (nSPS) is 12.3. The van der Waals surface area contributed by atoms with Crippen molar-refractivity contribution < 1.29 is 14.7 Å². The monoisotopic (exact) mass is 251 g/mol. The van der Waals surface area contributed by atoms with Crippen molar-refractivity contribution in [1.29, 1.82) is 0 Å². The first-order valence-electron chi connectivity index (χ1n) is 5.63. The average Bonchev–Trinajstić information content (AvgIpc) is 2.26. The number of nitrogens with zero attached hydrogens (tertiary/aromatic N) is 3. The number of likely N-dealkylation sites (N-methyl/N-ethyl adjacent to an activating group) is 1. The summed E-state index contributed by atoms with van der Waals surface area (Å²) in [6, 6.07) is 0.672. The van der Waals surface area contributed by atoms with Crippen LogP contribution in [0.15, 0.2) is 12.4 Å². The SMILES string of the molecule is Cc1cc(C(=O)N(C)C(C(=O)O)C(C)C)ncn1. The van der Waals surface area contributed by atoms with Gasteiger partial charge in [0.1, 0.15) is 18.1 Å². The standard InChI is InChI=1S/C12H17N3O3/c1-7(2)10(12(17)18)15(4)11(16)9-5-8(3)13-6-14-9/h5-7,10H,1-4H3,(H,17,18). The van der Waals surface area contributed by atoms with Crippen molar-refractivity contribution in [2.75, 3.05) is 7.05 Å². The van der Waals surface area contributed by atoms with E-state index in [0.717, 1.165) is 0 Å². The fourth-order valence-electron chi connectivity index (χ4n) is 1.78. The Morgan fingerprint density at radius 1 is 1.33 bits per heavy atom. The lowest BCUT2D eigenvalue weighted by molar-refractivity contribution is -0.143. The molecule has 18 heavy (non-hydrogen) atoms. The number of rotatable bonds is 4. The maximum atomic E-state index is 12.1. The second-order valence-electron chi connectivity index (χ2n) is 4.49. The topological polar surface area (TPSA) is 83.4 Å². The van der Waals surface area contributed by atoms with Crippen LogP contribution in [0.4, 0.5) is 0 Å². The number of aliphatic carboxylic acids is 1. The summed E-state index contributed by atoms with van der Waals surface area (Å²) in [5.41, 5.74) is 0.870. The number of aryl methyl sites for hydroxylation is 1. The third kappa shape index (κ3) is 3.03. The third-order valence-electron chi connectivity index (χ3n) is 2.65. The van der Waals surface area contributed by atoms with Gasteiger partial charge in [-0.3, -0.25) is 4.79 Å². The third-order valence-corrected chi connectivity index (χ3v) is 2.65. The van der Waals surface area contributed by atoms with Gasteiger partial charge < -0.3 is 10.0 Å². The van der Waals surface area contributed by atoms with Crippen molar-refractivity contribution in [2.24, 2.45) is 5.92 Å². The Kier molecular flexibility index (Phi) is 4.36. The number of aromatic nitrogens is 2. The fourth-order valence-corrected chi connectivity index (χ4v) is 1.78. The number of carbonyl (C=O) groups is 2. The van der Waals surface area contributed by atoms with Crippen LogP contribution in [-0.2, 0) is 4.79 Å².